The van der Waals surface area contributed by atoms with Crippen LogP contribution in [-0.2, 0) is 4.79 Å². The monoisotopic (exact) mass is 466 g/mol. The van der Waals surface area contributed by atoms with E-state index in [0.29, 0.717) is 27.8 Å². The molecule has 7 heteroatoms. The molecule has 0 bridgehead atoms. The van der Waals surface area contributed by atoms with E-state index in [1.54, 1.807) is 36.4 Å². The molecule has 0 saturated heterocycles. The van der Waals surface area contributed by atoms with Crippen molar-refractivity contribution in [1.29, 1.82) is 0 Å². The average Bonchev–Trinajstić information content (AvgIpc) is 3.19. The van der Waals surface area contributed by atoms with E-state index in [2.05, 4.69) is 0 Å². The van der Waals surface area contributed by atoms with Crippen LogP contribution in [0.15, 0.2) is 81.9 Å². The minimum atomic E-state index is -0.711. The fourth-order valence-electron chi connectivity index (χ4n) is 4.57. The third-order valence-electron chi connectivity index (χ3n) is 6.26. The lowest BCUT2D eigenvalue weighted by molar-refractivity contribution is -0.135. The van der Waals surface area contributed by atoms with Crippen LogP contribution >= 0.6 is 0 Å². The molecule has 7 nitrogen and oxygen atoms in total. The summed E-state index contributed by atoms with van der Waals surface area (Å²) >= 11 is 0. The van der Waals surface area contributed by atoms with Gasteiger partial charge in [0.1, 0.15) is 22.8 Å². The first-order chi connectivity index (χ1) is 17.0. The number of Topliss-reactive ketones (excluding diaryl/α,β-unsaturated/α-hetero) is 1. The van der Waals surface area contributed by atoms with Gasteiger partial charge in [0.25, 0.3) is 0 Å². The quantitative estimate of drug-likeness (QED) is 0.242. The SMILES string of the molecule is COc1ccc2occ([C@@H]3CC(=O)Oc4ccc5c(c43)O/C(=C\c3ccccc3)C5=O)c(=O)c2c1. The van der Waals surface area contributed by atoms with Crippen molar-refractivity contribution in [3.8, 4) is 17.2 Å². The molecule has 1 aromatic heterocycles. The number of methoxy groups -OCH3 is 1. The van der Waals surface area contributed by atoms with Gasteiger partial charge in [-0.25, -0.2) is 0 Å². The molecule has 35 heavy (non-hydrogen) atoms. The van der Waals surface area contributed by atoms with Crippen molar-refractivity contribution in [2.45, 2.75) is 12.3 Å². The number of fused-ring (bicyclic) bond motifs is 4. The topological polar surface area (TPSA) is 92.0 Å². The number of hydrogen-bond acceptors (Lipinski definition) is 7. The van der Waals surface area contributed by atoms with Crippen molar-refractivity contribution in [2.75, 3.05) is 7.11 Å². The van der Waals surface area contributed by atoms with Crippen molar-refractivity contribution in [3.05, 3.63) is 105 Å². The largest absolute Gasteiger partial charge is 0.497 e. The molecule has 6 rings (SSSR count). The second-order valence-electron chi connectivity index (χ2n) is 8.32. The zero-order chi connectivity index (χ0) is 24.1. The van der Waals surface area contributed by atoms with Crippen molar-refractivity contribution < 1.29 is 28.2 Å². The lowest BCUT2D eigenvalue weighted by atomic mass is 9.85. The molecule has 0 amide bonds. The number of allylic oxidation sites excluding steroid dienone is 1. The Morgan fingerprint density at radius 1 is 0.971 bits per heavy atom. The number of ketones is 1. The summed E-state index contributed by atoms with van der Waals surface area (Å²) in [6, 6.07) is 17.4. The Morgan fingerprint density at radius 3 is 2.60 bits per heavy atom. The maximum Gasteiger partial charge on any atom is 0.312 e. The minimum absolute atomic E-state index is 0.0982. The van der Waals surface area contributed by atoms with Gasteiger partial charge in [0.15, 0.2) is 11.2 Å². The highest BCUT2D eigenvalue weighted by Crippen LogP contribution is 2.48. The number of rotatable bonds is 3. The Morgan fingerprint density at radius 2 is 1.80 bits per heavy atom. The normalized spacial score (nSPS) is 17.6. The molecular formula is C28H18O7. The first kappa shape index (κ1) is 20.9. The van der Waals surface area contributed by atoms with Gasteiger partial charge in [-0.3, -0.25) is 14.4 Å². The van der Waals surface area contributed by atoms with E-state index in [-0.39, 0.29) is 40.5 Å². The summed E-state index contributed by atoms with van der Waals surface area (Å²) < 4.78 is 22.5. The van der Waals surface area contributed by atoms with Crippen LogP contribution in [0, 0.1) is 0 Å². The fourth-order valence-corrected chi connectivity index (χ4v) is 4.57. The van der Waals surface area contributed by atoms with Crippen molar-refractivity contribution in [3.63, 3.8) is 0 Å². The maximum absolute atomic E-state index is 13.5. The molecule has 2 aliphatic heterocycles. The molecule has 0 unspecified atom stereocenters. The molecular weight excluding hydrogens is 448 g/mol. The summed E-state index contributed by atoms with van der Waals surface area (Å²) in [6.07, 6.45) is 2.93. The molecule has 4 aromatic rings. The van der Waals surface area contributed by atoms with Crippen LogP contribution in [0.4, 0.5) is 0 Å². The Hall–Kier alpha value is -4.65. The van der Waals surface area contributed by atoms with Crippen LogP contribution in [0.25, 0.3) is 17.0 Å². The predicted molar refractivity (Wildman–Crippen MR) is 127 cm³/mol. The van der Waals surface area contributed by atoms with Gasteiger partial charge < -0.3 is 18.6 Å². The fraction of sp³-hybridized carbons (Fsp3) is 0.107. The molecule has 0 radical (unpaired) electrons. The van der Waals surface area contributed by atoms with E-state index in [4.69, 9.17) is 18.6 Å². The molecule has 3 heterocycles. The summed E-state index contributed by atoms with van der Waals surface area (Å²) in [5.74, 6) is -0.269. The first-order valence-electron chi connectivity index (χ1n) is 11.0. The van der Waals surface area contributed by atoms with Gasteiger partial charge in [-0.2, -0.15) is 0 Å². The lowest BCUT2D eigenvalue weighted by Crippen LogP contribution is -2.25. The molecule has 0 fully saturated rings. The number of ether oxygens (including phenoxy) is 3. The molecule has 172 valence electrons. The number of carbonyl (C=O) groups excluding carboxylic acids is 2. The predicted octanol–water partition coefficient (Wildman–Crippen LogP) is 4.86. The molecule has 0 spiro atoms. The summed E-state index contributed by atoms with van der Waals surface area (Å²) in [5.41, 5.74) is 2.01. The number of hydrogen-bond donors (Lipinski definition) is 0. The van der Waals surface area contributed by atoms with Gasteiger partial charge in [-0.1, -0.05) is 30.3 Å². The van der Waals surface area contributed by atoms with Crippen LogP contribution in [0.5, 0.6) is 17.2 Å². The Balaban J connectivity index is 1.51. The van der Waals surface area contributed by atoms with Crippen molar-refractivity contribution in [1.82, 2.24) is 0 Å². The Kier molecular flexibility index (Phi) is 4.77. The van der Waals surface area contributed by atoms with E-state index < -0.39 is 11.9 Å². The highest BCUT2D eigenvalue weighted by Gasteiger charge is 2.39. The van der Waals surface area contributed by atoms with E-state index in [1.807, 2.05) is 30.3 Å². The van der Waals surface area contributed by atoms with E-state index in [1.165, 1.54) is 13.4 Å². The van der Waals surface area contributed by atoms with E-state index in [0.717, 1.165) is 5.56 Å². The van der Waals surface area contributed by atoms with Crippen LogP contribution in [0.3, 0.4) is 0 Å². The first-order valence-corrected chi connectivity index (χ1v) is 11.0. The zero-order valence-electron chi connectivity index (χ0n) is 18.6. The molecule has 0 saturated carbocycles. The third-order valence-corrected chi connectivity index (χ3v) is 6.26. The van der Waals surface area contributed by atoms with Crippen LogP contribution in [0.2, 0.25) is 0 Å². The number of esters is 1. The summed E-state index contributed by atoms with van der Waals surface area (Å²) in [5, 5.41) is 0.330. The van der Waals surface area contributed by atoms with Gasteiger partial charge in [0.2, 0.25) is 5.78 Å². The van der Waals surface area contributed by atoms with E-state index >= 15 is 0 Å². The lowest BCUT2D eigenvalue weighted by Gasteiger charge is -2.25. The minimum Gasteiger partial charge on any atom is -0.497 e. The highest BCUT2D eigenvalue weighted by molar-refractivity contribution is 6.15. The molecule has 0 N–H and O–H groups in total. The smallest absolute Gasteiger partial charge is 0.312 e. The molecule has 2 aliphatic rings. The standard InChI is InChI=1S/C28H18O7/c1-32-16-7-9-21-19(12-16)26(30)20(14-33-21)18-13-24(29)34-22-10-8-17-27(31)23(35-28(17)25(18)22)11-15-5-3-2-4-6-15/h2-12,14,18H,13H2,1H3/b23-11-/t18-/m0/s1. The van der Waals surface area contributed by atoms with Crippen LogP contribution in [-0.4, -0.2) is 18.9 Å². The van der Waals surface area contributed by atoms with Gasteiger partial charge in [-0.15, -0.1) is 0 Å². The van der Waals surface area contributed by atoms with Gasteiger partial charge in [-0.05, 0) is 42.0 Å². The Labute approximate surface area is 199 Å². The maximum atomic E-state index is 13.5. The van der Waals surface area contributed by atoms with E-state index in [9.17, 15) is 14.4 Å². The van der Waals surface area contributed by atoms with Gasteiger partial charge in [0, 0.05) is 17.0 Å². The van der Waals surface area contributed by atoms with Crippen molar-refractivity contribution in [2.24, 2.45) is 0 Å². The second-order valence-corrected chi connectivity index (χ2v) is 8.32. The second kappa shape index (κ2) is 7.99. The number of carbonyl (C=O) groups is 2. The molecule has 0 aliphatic carbocycles. The van der Waals surface area contributed by atoms with Gasteiger partial charge in [0.05, 0.1) is 30.7 Å². The molecule has 1 atom stereocenters. The van der Waals surface area contributed by atoms with Crippen LogP contribution < -0.4 is 19.6 Å². The summed E-state index contributed by atoms with van der Waals surface area (Å²) in [6.45, 7) is 0. The highest BCUT2D eigenvalue weighted by atomic mass is 16.5. The van der Waals surface area contributed by atoms with Crippen molar-refractivity contribution >= 4 is 28.8 Å². The summed E-state index contributed by atoms with van der Waals surface area (Å²) in [4.78, 5) is 39.1. The molecule has 3 aromatic carbocycles. The Bertz CT molecular complexity index is 1610. The average molecular weight is 466 g/mol. The summed E-state index contributed by atoms with van der Waals surface area (Å²) in [7, 11) is 1.51. The number of benzene rings is 3. The van der Waals surface area contributed by atoms with Crippen LogP contribution in [0.1, 0.15) is 39.4 Å². The van der Waals surface area contributed by atoms with Gasteiger partial charge >= 0.3 is 5.97 Å². The zero-order valence-corrected chi connectivity index (χ0v) is 18.6. The third kappa shape index (κ3) is 3.40.